The summed E-state index contributed by atoms with van der Waals surface area (Å²) in [6.45, 7) is 1.88. The molecule has 62 valence electrons. The van der Waals surface area contributed by atoms with Crippen molar-refractivity contribution in [3.8, 4) is 0 Å². The van der Waals surface area contributed by atoms with Gasteiger partial charge in [-0.2, -0.15) is 0 Å². The summed E-state index contributed by atoms with van der Waals surface area (Å²) in [5, 5.41) is 0. The third-order valence-corrected chi connectivity index (χ3v) is 1.90. The van der Waals surface area contributed by atoms with Crippen LogP contribution in [0.15, 0.2) is 0 Å². The van der Waals surface area contributed by atoms with Crippen LogP contribution in [0.3, 0.4) is 0 Å². The fourth-order valence-corrected chi connectivity index (χ4v) is 1.15. The molecule has 1 rings (SSSR count). The number of amides is 1. The van der Waals surface area contributed by atoms with Crippen molar-refractivity contribution in [1.82, 2.24) is 0 Å². The monoisotopic (exact) mass is 157 g/mol. The smallest absolute Gasteiger partial charge is 0.309 e. The van der Waals surface area contributed by atoms with Crippen LogP contribution in [0.4, 0.5) is 0 Å². The molecule has 0 aliphatic carbocycles. The van der Waals surface area contributed by atoms with Crippen molar-refractivity contribution in [3.05, 3.63) is 0 Å². The maximum absolute atomic E-state index is 10.9. The SMILES string of the molecule is CCC1CC(C(N)=O)OC1=O. The minimum Gasteiger partial charge on any atom is -0.452 e. The van der Waals surface area contributed by atoms with E-state index >= 15 is 0 Å². The lowest BCUT2D eigenvalue weighted by molar-refractivity contribution is -0.148. The molecule has 0 aromatic carbocycles. The molecule has 0 radical (unpaired) electrons. The van der Waals surface area contributed by atoms with Crippen LogP contribution in [-0.2, 0) is 14.3 Å². The van der Waals surface area contributed by atoms with Crippen LogP contribution in [0.5, 0.6) is 0 Å². The highest BCUT2D eigenvalue weighted by Crippen LogP contribution is 2.23. The van der Waals surface area contributed by atoms with E-state index < -0.39 is 12.0 Å². The first-order chi connectivity index (χ1) is 5.15. The van der Waals surface area contributed by atoms with E-state index in [1.807, 2.05) is 6.92 Å². The number of hydrogen-bond acceptors (Lipinski definition) is 3. The molecule has 0 bridgehead atoms. The highest BCUT2D eigenvalue weighted by molar-refractivity contribution is 5.86. The summed E-state index contributed by atoms with van der Waals surface area (Å²) in [4.78, 5) is 21.4. The summed E-state index contributed by atoms with van der Waals surface area (Å²) in [5.74, 6) is -0.974. The molecule has 1 fully saturated rings. The molecule has 0 aromatic rings. The van der Waals surface area contributed by atoms with Crippen molar-refractivity contribution in [1.29, 1.82) is 0 Å². The molecule has 1 aliphatic rings. The first-order valence-corrected chi connectivity index (χ1v) is 3.65. The van der Waals surface area contributed by atoms with Gasteiger partial charge in [0.25, 0.3) is 5.91 Å². The average molecular weight is 157 g/mol. The molecule has 4 nitrogen and oxygen atoms in total. The number of cyclic esters (lactones) is 1. The summed E-state index contributed by atoms with van der Waals surface area (Å²) in [5.41, 5.74) is 4.96. The van der Waals surface area contributed by atoms with E-state index in [-0.39, 0.29) is 11.9 Å². The van der Waals surface area contributed by atoms with Crippen LogP contribution in [-0.4, -0.2) is 18.0 Å². The minimum atomic E-state index is -0.688. The van der Waals surface area contributed by atoms with Gasteiger partial charge >= 0.3 is 5.97 Å². The Morgan fingerprint density at radius 2 is 2.45 bits per heavy atom. The lowest BCUT2D eigenvalue weighted by atomic mass is 10.0. The van der Waals surface area contributed by atoms with Crippen LogP contribution < -0.4 is 5.73 Å². The molecule has 4 heteroatoms. The maximum atomic E-state index is 10.9. The second-order valence-corrected chi connectivity index (χ2v) is 2.67. The van der Waals surface area contributed by atoms with E-state index in [1.54, 1.807) is 0 Å². The third-order valence-electron chi connectivity index (χ3n) is 1.90. The Morgan fingerprint density at radius 1 is 1.82 bits per heavy atom. The summed E-state index contributed by atoms with van der Waals surface area (Å²) < 4.78 is 4.71. The lowest BCUT2D eigenvalue weighted by Crippen LogP contribution is -2.27. The van der Waals surface area contributed by atoms with Gasteiger partial charge in [0.05, 0.1) is 5.92 Å². The number of primary amides is 1. The van der Waals surface area contributed by atoms with Gasteiger partial charge < -0.3 is 10.5 Å². The van der Waals surface area contributed by atoms with Gasteiger partial charge in [0.1, 0.15) is 0 Å². The van der Waals surface area contributed by atoms with E-state index in [1.165, 1.54) is 0 Å². The number of esters is 1. The van der Waals surface area contributed by atoms with Crippen LogP contribution in [0.1, 0.15) is 19.8 Å². The molecule has 2 atom stereocenters. The van der Waals surface area contributed by atoms with Crippen molar-refractivity contribution >= 4 is 11.9 Å². The molecule has 0 aromatic heterocycles. The highest BCUT2D eigenvalue weighted by atomic mass is 16.6. The van der Waals surface area contributed by atoms with Gasteiger partial charge in [-0.25, -0.2) is 0 Å². The van der Waals surface area contributed by atoms with Gasteiger partial charge in [0.15, 0.2) is 6.10 Å². The fraction of sp³-hybridized carbons (Fsp3) is 0.714. The molecule has 2 N–H and O–H groups in total. The van der Waals surface area contributed by atoms with Gasteiger partial charge in [-0.3, -0.25) is 9.59 Å². The zero-order chi connectivity index (χ0) is 8.43. The molecule has 1 saturated heterocycles. The summed E-state index contributed by atoms with van der Waals surface area (Å²) >= 11 is 0. The Morgan fingerprint density at radius 3 is 2.73 bits per heavy atom. The topological polar surface area (TPSA) is 69.4 Å². The zero-order valence-corrected chi connectivity index (χ0v) is 6.37. The van der Waals surface area contributed by atoms with Crippen molar-refractivity contribution < 1.29 is 14.3 Å². The lowest BCUT2D eigenvalue weighted by Gasteiger charge is -2.00. The van der Waals surface area contributed by atoms with E-state index in [9.17, 15) is 9.59 Å². The molecular weight excluding hydrogens is 146 g/mol. The third kappa shape index (κ3) is 1.50. The minimum absolute atomic E-state index is 0.132. The Bertz CT molecular complexity index is 190. The molecule has 0 saturated carbocycles. The number of ether oxygens (including phenoxy) is 1. The van der Waals surface area contributed by atoms with Crippen LogP contribution in [0.2, 0.25) is 0 Å². The Labute approximate surface area is 64.7 Å². The van der Waals surface area contributed by atoms with Crippen LogP contribution in [0.25, 0.3) is 0 Å². The molecule has 1 heterocycles. The van der Waals surface area contributed by atoms with Crippen molar-refractivity contribution in [2.24, 2.45) is 11.7 Å². The normalized spacial score (nSPS) is 30.1. The Balaban J connectivity index is 2.56. The van der Waals surface area contributed by atoms with E-state index in [0.29, 0.717) is 12.8 Å². The molecule has 0 spiro atoms. The Kier molecular flexibility index (Phi) is 2.12. The van der Waals surface area contributed by atoms with Crippen molar-refractivity contribution in [3.63, 3.8) is 0 Å². The van der Waals surface area contributed by atoms with Gasteiger partial charge in [0, 0.05) is 6.42 Å². The number of carbonyl (C=O) groups excluding carboxylic acids is 2. The predicted molar refractivity (Wildman–Crippen MR) is 37.5 cm³/mol. The van der Waals surface area contributed by atoms with E-state index in [2.05, 4.69) is 0 Å². The average Bonchev–Trinajstić information content (AvgIpc) is 2.31. The number of hydrogen-bond donors (Lipinski definition) is 1. The fourth-order valence-electron chi connectivity index (χ4n) is 1.15. The van der Waals surface area contributed by atoms with Crippen LogP contribution >= 0.6 is 0 Å². The summed E-state index contributed by atoms with van der Waals surface area (Å²) in [6, 6.07) is 0. The largest absolute Gasteiger partial charge is 0.452 e. The summed E-state index contributed by atoms with van der Waals surface area (Å²) in [6.07, 6.45) is 0.472. The van der Waals surface area contributed by atoms with Gasteiger partial charge in [-0.05, 0) is 6.42 Å². The quantitative estimate of drug-likeness (QED) is 0.565. The molecule has 2 unspecified atom stereocenters. The second kappa shape index (κ2) is 2.90. The maximum Gasteiger partial charge on any atom is 0.309 e. The molecular formula is C7H11NO3. The standard InChI is InChI=1S/C7H11NO3/c1-2-4-3-5(6(8)9)11-7(4)10/h4-5H,2-3H2,1H3,(H2,8,9). The summed E-state index contributed by atoms with van der Waals surface area (Å²) in [7, 11) is 0. The number of carbonyl (C=O) groups is 2. The number of rotatable bonds is 2. The molecule has 1 amide bonds. The first kappa shape index (κ1) is 8.04. The van der Waals surface area contributed by atoms with E-state index in [4.69, 9.17) is 10.5 Å². The second-order valence-electron chi connectivity index (χ2n) is 2.67. The van der Waals surface area contributed by atoms with Gasteiger partial charge in [-0.1, -0.05) is 6.92 Å². The van der Waals surface area contributed by atoms with Crippen molar-refractivity contribution in [2.75, 3.05) is 0 Å². The zero-order valence-electron chi connectivity index (χ0n) is 6.37. The van der Waals surface area contributed by atoms with Gasteiger partial charge in [0.2, 0.25) is 0 Å². The molecule has 1 aliphatic heterocycles. The van der Waals surface area contributed by atoms with Gasteiger partial charge in [-0.15, -0.1) is 0 Å². The molecule has 11 heavy (non-hydrogen) atoms. The predicted octanol–water partition coefficient (Wildman–Crippen LogP) is -0.187. The number of nitrogens with two attached hydrogens (primary N) is 1. The van der Waals surface area contributed by atoms with Crippen molar-refractivity contribution in [2.45, 2.75) is 25.9 Å². The Hall–Kier alpha value is -1.06. The first-order valence-electron chi connectivity index (χ1n) is 3.65. The van der Waals surface area contributed by atoms with Crippen LogP contribution in [0, 0.1) is 5.92 Å². The van der Waals surface area contributed by atoms with E-state index in [0.717, 1.165) is 0 Å². The highest BCUT2D eigenvalue weighted by Gasteiger charge is 2.35.